The Labute approximate surface area is 128 Å². The molecule has 6 heteroatoms. The van der Waals surface area contributed by atoms with Crippen molar-refractivity contribution in [2.75, 3.05) is 25.1 Å². The highest BCUT2D eigenvalue weighted by Gasteiger charge is 2.30. The molecule has 0 spiro atoms. The van der Waals surface area contributed by atoms with Crippen LogP contribution in [0.1, 0.15) is 51.4 Å². The van der Waals surface area contributed by atoms with Crippen LogP contribution in [0.3, 0.4) is 0 Å². The average molecular weight is 316 g/mol. The van der Waals surface area contributed by atoms with Gasteiger partial charge in [0.1, 0.15) is 0 Å². The molecule has 1 aliphatic heterocycles. The molecule has 122 valence electrons. The number of carbonyl (C=O) groups is 1. The Morgan fingerprint density at radius 3 is 2.38 bits per heavy atom. The second-order valence-corrected chi connectivity index (χ2v) is 8.77. The SMILES string of the molecule is CN(CCC(=O)NC1CCCCCC1)C1CCS(=O)(=O)C1. The van der Waals surface area contributed by atoms with Crippen molar-refractivity contribution in [1.82, 2.24) is 10.2 Å². The minimum absolute atomic E-state index is 0.0840. The van der Waals surface area contributed by atoms with E-state index in [1.807, 2.05) is 11.9 Å². The molecule has 1 unspecified atom stereocenters. The molecule has 2 fully saturated rings. The highest BCUT2D eigenvalue weighted by molar-refractivity contribution is 7.91. The summed E-state index contributed by atoms with van der Waals surface area (Å²) in [6, 6.07) is 0.429. The fourth-order valence-electron chi connectivity index (χ4n) is 3.31. The third-order valence-corrected chi connectivity index (χ3v) is 6.49. The summed E-state index contributed by atoms with van der Waals surface area (Å²) in [4.78, 5) is 14.0. The Hall–Kier alpha value is -0.620. The zero-order valence-corrected chi connectivity index (χ0v) is 13.8. The van der Waals surface area contributed by atoms with Gasteiger partial charge in [-0.2, -0.15) is 0 Å². The average Bonchev–Trinajstić information content (AvgIpc) is 2.64. The van der Waals surface area contributed by atoms with Crippen LogP contribution in [0, 0.1) is 0 Å². The molecule has 1 saturated carbocycles. The smallest absolute Gasteiger partial charge is 0.221 e. The number of hydrogen-bond donors (Lipinski definition) is 1. The second-order valence-electron chi connectivity index (χ2n) is 6.54. The van der Waals surface area contributed by atoms with Crippen molar-refractivity contribution >= 4 is 15.7 Å². The van der Waals surface area contributed by atoms with Crippen LogP contribution < -0.4 is 5.32 Å². The second kappa shape index (κ2) is 7.58. The van der Waals surface area contributed by atoms with E-state index < -0.39 is 9.84 Å². The molecule has 21 heavy (non-hydrogen) atoms. The van der Waals surface area contributed by atoms with Gasteiger partial charge in [0, 0.05) is 25.0 Å². The van der Waals surface area contributed by atoms with Gasteiger partial charge in [-0.3, -0.25) is 4.79 Å². The number of nitrogens with zero attached hydrogens (tertiary/aromatic N) is 1. The van der Waals surface area contributed by atoms with Gasteiger partial charge in [-0.1, -0.05) is 25.7 Å². The maximum Gasteiger partial charge on any atom is 0.221 e. The third kappa shape index (κ3) is 5.58. The molecule has 0 radical (unpaired) electrons. The lowest BCUT2D eigenvalue weighted by atomic mass is 10.1. The summed E-state index contributed by atoms with van der Waals surface area (Å²) in [5, 5.41) is 3.14. The first-order valence-electron chi connectivity index (χ1n) is 8.16. The molecule has 0 aromatic heterocycles. The Morgan fingerprint density at radius 1 is 1.14 bits per heavy atom. The van der Waals surface area contributed by atoms with E-state index in [4.69, 9.17) is 0 Å². The quantitative estimate of drug-likeness (QED) is 0.777. The molecule has 1 N–H and O–H groups in total. The first-order chi connectivity index (χ1) is 9.96. The van der Waals surface area contributed by atoms with E-state index in [9.17, 15) is 13.2 Å². The van der Waals surface area contributed by atoms with Crippen LogP contribution >= 0.6 is 0 Å². The van der Waals surface area contributed by atoms with Crippen LogP contribution in [-0.4, -0.2) is 56.4 Å². The van der Waals surface area contributed by atoms with Crippen molar-refractivity contribution in [3.63, 3.8) is 0 Å². The molecule has 1 heterocycles. The van der Waals surface area contributed by atoms with Gasteiger partial charge in [-0.05, 0) is 26.3 Å². The minimum atomic E-state index is -2.85. The number of rotatable bonds is 5. The fraction of sp³-hybridized carbons (Fsp3) is 0.933. The Balaban J connectivity index is 1.68. The Bertz CT molecular complexity index is 442. The van der Waals surface area contributed by atoms with Crippen LogP contribution in [0.2, 0.25) is 0 Å². The van der Waals surface area contributed by atoms with E-state index in [0.29, 0.717) is 25.4 Å². The summed E-state index contributed by atoms with van der Waals surface area (Å²) in [5.41, 5.74) is 0. The van der Waals surface area contributed by atoms with Crippen LogP contribution in [0.25, 0.3) is 0 Å². The lowest BCUT2D eigenvalue weighted by Gasteiger charge is -2.23. The molecule has 1 atom stereocenters. The largest absolute Gasteiger partial charge is 0.353 e. The summed E-state index contributed by atoms with van der Waals surface area (Å²) in [6.07, 6.45) is 8.35. The molecule has 1 amide bonds. The summed E-state index contributed by atoms with van der Waals surface area (Å²) in [7, 11) is -0.927. The number of hydrogen-bond acceptors (Lipinski definition) is 4. The number of sulfone groups is 1. The van der Waals surface area contributed by atoms with E-state index >= 15 is 0 Å². The molecule has 0 aromatic rings. The van der Waals surface area contributed by atoms with Gasteiger partial charge in [0.25, 0.3) is 0 Å². The van der Waals surface area contributed by atoms with Crippen LogP contribution in [0.15, 0.2) is 0 Å². The normalized spacial score (nSPS) is 26.7. The van der Waals surface area contributed by atoms with Crippen LogP contribution in [-0.2, 0) is 14.6 Å². The molecular weight excluding hydrogens is 288 g/mol. The standard InChI is InChI=1S/C15H28N2O3S/c1-17(14-9-11-21(19,20)12-14)10-8-15(18)16-13-6-4-2-3-5-7-13/h13-14H,2-12H2,1H3,(H,16,18). The molecule has 1 aliphatic carbocycles. The van der Waals surface area contributed by atoms with Crippen molar-refractivity contribution in [3.8, 4) is 0 Å². The highest BCUT2D eigenvalue weighted by atomic mass is 32.2. The minimum Gasteiger partial charge on any atom is -0.353 e. The van der Waals surface area contributed by atoms with Crippen molar-refractivity contribution in [3.05, 3.63) is 0 Å². The zero-order chi connectivity index (χ0) is 15.3. The Kier molecular flexibility index (Phi) is 6.05. The lowest BCUT2D eigenvalue weighted by Crippen LogP contribution is -2.39. The molecule has 2 rings (SSSR count). The molecule has 5 nitrogen and oxygen atoms in total. The first-order valence-corrected chi connectivity index (χ1v) is 9.98. The maximum absolute atomic E-state index is 12.0. The molecule has 1 saturated heterocycles. The number of amides is 1. The summed E-state index contributed by atoms with van der Waals surface area (Å²) in [5.74, 6) is 0.638. The summed E-state index contributed by atoms with van der Waals surface area (Å²) < 4.78 is 22.9. The van der Waals surface area contributed by atoms with Gasteiger partial charge in [-0.15, -0.1) is 0 Å². The van der Waals surface area contributed by atoms with Crippen molar-refractivity contribution in [1.29, 1.82) is 0 Å². The van der Waals surface area contributed by atoms with Gasteiger partial charge in [0.15, 0.2) is 9.84 Å². The van der Waals surface area contributed by atoms with Crippen molar-refractivity contribution in [2.24, 2.45) is 0 Å². The van der Waals surface area contributed by atoms with Gasteiger partial charge in [0.2, 0.25) is 5.91 Å². The molecule has 0 bridgehead atoms. The van der Waals surface area contributed by atoms with Crippen LogP contribution in [0.4, 0.5) is 0 Å². The molecule has 2 aliphatic rings. The highest BCUT2D eigenvalue weighted by Crippen LogP contribution is 2.18. The predicted octanol–water partition coefficient (Wildman–Crippen LogP) is 1.33. The lowest BCUT2D eigenvalue weighted by molar-refractivity contribution is -0.122. The van der Waals surface area contributed by atoms with Gasteiger partial charge in [0.05, 0.1) is 11.5 Å². The maximum atomic E-state index is 12.0. The van der Waals surface area contributed by atoms with Crippen molar-refractivity contribution in [2.45, 2.75) is 63.5 Å². The fourth-order valence-corrected chi connectivity index (χ4v) is 5.11. The first kappa shape index (κ1) is 16.7. The van der Waals surface area contributed by atoms with E-state index in [2.05, 4.69) is 5.32 Å². The summed E-state index contributed by atoms with van der Waals surface area (Å²) in [6.45, 7) is 0.638. The van der Waals surface area contributed by atoms with Crippen molar-refractivity contribution < 1.29 is 13.2 Å². The van der Waals surface area contributed by atoms with E-state index in [1.54, 1.807) is 0 Å². The number of carbonyl (C=O) groups excluding carboxylic acids is 1. The Morgan fingerprint density at radius 2 is 1.81 bits per heavy atom. The van der Waals surface area contributed by atoms with Gasteiger partial charge in [-0.25, -0.2) is 8.42 Å². The van der Waals surface area contributed by atoms with Gasteiger partial charge < -0.3 is 10.2 Å². The van der Waals surface area contributed by atoms with Gasteiger partial charge >= 0.3 is 0 Å². The topological polar surface area (TPSA) is 66.5 Å². The zero-order valence-electron chi connectivity index (χ0n) is 13.0. The molecular formula is C15H28N2O3S. The van der Waals surface area contributed by atoms with E-state index in [-0.39, 0.29) is 23.5 Å². The number of nitrogens with one attached hydrogen (secondary N) is 1. The van der Waals surface area contributed by atoms with E-state index in [0.717, 1.165) is 12.8 Å². The van der Waals surface area contributed by atoms with E-state index in [1.165, 1.54) is 25.7 Å². The monoisotopic (exact) mass is 316 g/mol. The predicted molar refractivity (Wildman–Crippen MR) is 83.9 cm³/mol. The third-order valence-electron chi connectivity index (χ3n) is 4.74. The van der Waals surface area contributed by atoms with Crippen LogP contribution in [0.5, 0.6) is 0 Å². The molecule has 0 aromatic carbocycles. The summed E-state index contributed by atoms with van der Waals surface area (Å²) >= 11 is 0.